The van der Waals surface area contributed by atoms with Crippen LogP contribution >= 0.6 is 0 Å². The Morgan fingerprint density at radius 3 is 2.22 bits per heavy atom. The summed E-state index contributed by atoms with van der Waals surface area (Å²) in [5, 5.41) is 2.85. The Morgan fingerprint density at radius 2 is 1.59 bits per heavy atom. The molecule has 168 valence electrons. The van der Waals surface area contributed by atoms with Gasteiger partial charge in [-0.25, -0.2) is 4.79 Å². The van der Waals surface area contributed by atoms with Crippen molar-refractivity contribution in [2.45, 2.75) is 39.2 Å². The van der Waals surface area contributed by atoms with Gasteiger partial charge in [-0.3, -0.25) is 9.59 Å². The molecule has 2 aliphatic heterocycles. The lowest BCUT2D eigenvalue weighted by Gasteiger charge is -2.20. The van der Waals surface area contributed by atoms with E-state index in [4.69, 9.17) is 4.74 Å². The van der Waals surface area contributed by atoms with E-state index in [0.29, 0.717) is 17.8 Å². The van der Waals surface area contributed by atoms with Crippen LogP contribution in [0.4, 0.5) is 17.1 Å². The van der Waals surface area contributed by atoms with E-state index in [1.807, 2.05) is 24.3 Å². The van der Waals surface area contributed by atoms with Crippen LogP contribution in [0.25, 0.3) is 0 Å². The van der Waals surface area contributed by atoms with Crippen LogP contribution in [0.1, 0.15) is 43.5 Å². The van der Waals surface area contributed by atoms with Gasteiger partial charge in [0.1, 0.15) is 0 Å². The zero-order valence-corrected chi connectivity index (χ0v) is 18.5. The Labute approximate surface area is 188 Å². The summed E-state index contributed by atoms with van der Waals surface area (Å²) in [6, 6.07) is 14.6. The van der Waals surface area contributed by atoms with Gasteiger partial charge in [-0.05, 0) is 75.2 Å². The predicted molar refractivity (Wildman–Crippen MR) is 124 cm³/mol. The molecule has 2 fully saturated rings. The Hall–Kier alpha value is -3.35. The normalized spacial score (nSPS) is 18.3. The van der Waals surface area contributed by atoms with Gasteiger partial charge < -0.3 is 19.9 Å². The second-order valence-corrected chi connectivity index (χ2v) is 8.64. The van der Waals surface area contributed by atoms with Crippen molar-refractivity contribution in [2.75, 3.05) is 34.8 Å². The number of anilines is 3. The monoisotopic (exact) mass is 435 g/mol. The Morgan fingerprint density at radius 1 is 0.969 bits per heavy atom. The van der Waals surface area contributed by atoms with Gasteiger partial charge in [-0.1, -0.05) is 0 Å². The van der Waals surface area contributed by atoms with Crippen LogP contribution in [-0.2, 0) is 14.3 Å². The highest BCUT2D eigenvalue weighted by molar-refractivity contribution is 6.03. The van der Waals surface area contributed by atoms with E-state index in [1.165, 1.54) is 18.5 Å². The number of rotatable bonds is 6. The molecule has 0 aliphatic carbocycles. The van der Waals surface area contributed by atoms with Gasteiger partial charge in [-0.15, -0.1) is 0 Å². The molecule has 0 spiro atoms. The molecule has 7 nitrogen and oxygen atoms in total. The molecule has 2 aliphatic rings. The lowest BCUT2D eigenvalue weighted by atomic mass is 10.1. The van der Waals surface area contributed by atoms with Gasteiger partial charge in [0.05, 0.1) is 17.6 Å². The number of nitrogens with one attached hydrogen (secondary N) is 1. The van der Waals surface area contributed by atoms with Crippen molar-refractivity contribution in [3.05, 3.63) is 54.1 Å². The zero-order chi connectivity index (χ0) is 22.7. The van der Waals surface area contributed by atoms with Crippen LogP contribution in [0.3, 0.4) is 0 Å². The molecule has 2 saturated heterocycles. The first kappa shape index (κ1) is 21.9. The fourth-order valence-electron chi connectivity index (χ4n) is 4.17. The van der Waals surface area contributed by atoms with Crippen LogP contribution in [0.2, 0.25) is 0 Å². The van der Waals surface area contributed by atoms with Crippen molar-refractivity contribution in [1.29, 1.82) is 0 Å². The van der Waals surface area contributed by atoms with Crippen molar-refractivity contribution in [3.8, 4) is 0 Å². The molecule has 2 heterocycles. The van der Waals surface area contributed by atoms with Crippen LogP contribution in [0, 0.1) is 5.92 Å². The third-order valence-electron chi connectivity index (χ3n) is 5.86. The van der Waals surface area contributed by atoms with Crippen LogP contribution in [-0.4, -0.2) is 43.5 Å². The van der Waals surface area contributed by atoms with E-state index in [2.05, 4.69) is 10.2 Å². The third-order valence-corrected chi connectivity index (χ3v) is 5.86. The maximum absolute atomic E-state index is 12.7. The largest absolute Gasteiger partial charge is 0.459 e. The Kier molecular flexibility index (Phi) is 6.44. The average molecular weight is 436 g/mol. The first-order valence-corrected chi connectivity index (χ1v) is 11.2. The molecule has 2 aromatic rings. The van der Waals surface area contributed by atoms with Gasteiger partial charge in [0.2, 0.25) is 11.8 Å². The van der Waals surface area contributed by atoms with Gasteiger partial charge in [-0.2, -0.15) is 0 Å². The molecule has 4 rings (SSSR count). The third kappa shape index (κ3) is 4.93. The molecule has 1 unspecified atom stereocenters. The summed E-state index contributed by atoms with van der Waals surface area (Å²) in [6.07, 6.45) is 2.42. The minimum atomic E-state index is -0.425. The van der Waals surface area contributed by atoms with E-state index in [9.17, 15) is 14.4 Å². The molecular weight excluding hydrogens is 406 g/mol. The second kappa shape index (κ2) is 9.42. The average Bonchev–Trinajstić information content (AvgIpc) is 3.44. The summed E-state index contributed by atoms with van der Waals surface area (Å²) < 4.78 is 5.17. The lowest BCUT2D eigenvalue weighted by molar-refractivity contribution is -0.122. The number of amides is 2. The van der Waals surface area contributed by atoms with Crippen molar-refractivity contribution < 1.29 is 19.1 Å². The number of esters is 1. The van der Waals surface area contributed by atoms with Crippen molar-refractivity contribution in [1.82, 2.24) is 0 Å². The summed E-state index contributed by atoms with van der Waals surface area (Å²) in [7, 11) is 0. The highest BCUT2D eigenvalue weighted by Gasteiger charge is 2.35. The molecule has 0 radical (unpaired) electrons. The van der Waals surface area contributed by atoms with E-state index >= 15 is 0 Å². The summed E-state index contributed by atoms with van der Waals surface area (Å²) in [5.41, 5.74) is 3.00. The minimum absolute atomic E-state index is 0.0501. The molecule has 1 atom stereocenters. The highest BCUT2D eigenvalue weighted by Crippen LogP contribution is 2.29. The maximum atomic E-state index is 12.7. The number of benzene rings is 2. The second-order valence-electron chi connectivity index (χ2n) is 8.64. The van der Waals surface area contributed by atoms with E-state index in [1.54, 1.807) is 43.0 Å². The minimum Gasteiger partial charge on any atom is -0.459 e. The highest BCUT2D eigenvalue weighted by atomic mass is 16.5. The standard InChI is InChI=1S/C25H29N3O4/c1-17(2)32-25(31)18-5-7-20(8-6-18)26-24(30)19-15-23(29)28(16-19)22-11-9-21(10-12-22)27-13-3-4-14-27/h5-12,17,19H,3-4,13-16H2,1-2H3,(H,26,30). The van der Waals surface area contributed by atoms with E-state index < -0.39 is 11.9 Å². The number of carbonyl (C=O) groups is 3. The number of ether oxygens (including phenoxy) is 1. The fourth-order valence-corrected chi connectivity index (χ4v) is 4.17. The van der Waals surface area contributed by atoms with Crippen LogP contribution < -0.4 is 15.1 Å². The summed E-state index contributed by atoms with van der Waals surface area (Å²) >= 11 is 0. The van der Waals surface area contributed by atoms with E-state index in [0.717, 1.165) is 18.8 Å². The van der Waals surface area contributed by atoms with Crippen molar-refractivity contribution in [2.24, 2.45) is 5.92 Å². The molecular formula is C25H29N3O4. The first-order chi connectivity index (χ1) is 15.4. The fraction of sp³-hybridized carbons (Fsp3) is 0.400. The number of hydrogen-bond donors (Lipinski definition) is 1. The quantitative estimate of drug-likeness (QED) is 0.698. The van der Waals surface area contributed by atoms with Crippen LogP contribution in [0.15, 0.2) is 48.5 Å². The molecule has 32 heavy (non-hydrogen) atoms. The van der Waals surface area contributed by atoms with Crippen LogP contribution in [0.5, 0.6) is 0 Å². The van der Waals surface area contributed by atoms with Gasteiger partial charge in [0.25, 0.3) is 0 Å². The van der Waals surface area contributed by atoms with Gasteiger partial charge in [0.15, 0.2) is 0 Å². The predicted octanol–water partition coefficient (Wildman–Crippen LogP) is 3.84. The first-order valence-electron chi connectivity index (χ1n) is 11.2. The smallest absolute Gasteiger partial charge is 0.338 e. The number of nitrogens with zero attached hydrogens (tertiary/aromatic N) is 2. The van der Waals surface area contributed by atoms with E-state index in [-0.39, 0.29) is 24.3 Å². The SMILES string of the molecule is CC(C)OC(=O)c1ccc(NC(=O)C2CC(=O)N(c3ccc(N4CCCC4)cc3)C2)cc1. The summed E-state index contributed by atoms with van der Waals surface area (Å²) in [6.45, 7) is 6.09. The summed E-state index contributed by atoms with van der Waals surface area (Å²) in [5.74, 6) is -1.07. The lowest BCUT2D eigenvalue weighted by Crippen LogP contribution is -2.28. The number of hydrogen-bond acceptors (Lipinski definition) is 5. The zero-order valence-electron chi connectivity index (χ0n) is 18.5. The topological polar surface area (TPSA) is 78.9 Å². The molecule has 2 amide bonds. The Balaban J connectivity index is 1.35. The number of carbonyl (C=O) groups excluding carboxylic acids is 3. The molecule has 0 aromatic heterocycles. The molecule has 0 bridgehead atoms. The van der Waals surface area contributed by atoms with Crippen molar-refractivity contribution in [3.63, 3.8) is 0 Å². The molecule has 7 heteroatoms. The van der Waals surface area contributed by atoms with Gasteiger partial charge >= 0.3 is 5.97 Å². The maximum Gasteiger partial charge on any atom is 0.338 e. The summed E-state index contributed by atoms with van der Waals surface area (Å²) in [4.78, 5) is 41.3. The molecule has 1 N–H and O–H groups in total. The molecule has 2 aromatic carbocycles. The Bertz CT molecular complexity index is 979. The van der Waals surface area contributed by atoms with Gasteiger partial charge in [0, 0.05) is 43.1 Å². The molecule has 0 saturated carbocycles. The van der Waals surface area contributed by atoms with Crippen molar-refractivity contribution >= 4 is 34.8 Å².